The molecule has 1 N–H and O–H groups in total. The molecule has 0 unspecified atom stereocenters. The number of carbonyl (C=O) groups is 1. The van der Waals surface area contributed by atoms with E-state index >= 15 is 0 Å². The lowest BCUT2D eigenvalue weighted by Crippen LogP contribution is -2.42. The molecular formula is C30H34FN3O4S. The van der Waals surface area contributed by atoms with Gasteiger partial charge < -0.3 is 9.64 Å². The van der Waals surface area contributed by atoms with Crippen molar-refractivity contribution in [1.29, 1.82) is 0 Å². The van der Waals surface area contributed by atoms with E-state index in [2.05, 4.69) is 22.6 Å². The molecule has 2 heterocycles. The zero-order valence-corrected chi connectivity index (χ0v) is 23.5. The predicted molar refractivity (Wildman–Crippen MR) is 149 cm³/mol. The Morgan fingerprint density at radius 2 is 1.82 bits per heavy atom. The third-order valence-electron chi connectivity index (χ3n) is 6.44. The minimum Gasteiger partial charge on any atom is -0.471 e. The number of hydrogen-bond acceptors (Lipinski definition) is 5. The van der Waals surface area contributed by atoms with Gasteiger partial charge in [0.05, 0.1) is 16.5 Å². The standard InChI is InChI=1S/C28H32FN3O4S.C2H2/c1-5-19-10-12-23(13-11-19)37(34,35)31-25-16-28(3,4)36-26-24(25)15-21(17-30-26)27(33)32(6-2)18-20-8-7-9-22(29)14-20;1-2/h7-15,17,25,31H,5-6,16,18H2,1-4H3;1-2H/t25-;/m0./s1. The van der Waals surface area contributed by atoms with Crippen LogP contribution in [0.5, 0.6) is 5.88 Å². The summed E-state index contributed by atoms with van der Waals surface area (Å²) in [6, 6.07) is 13.9. The number of rotatable bonds is 8. The summed E-state index contributed by atoms with van der Waals surface area (Å²) >= 11 is 0. The van der Waals surface area contributed by atoms with Crippen molar-refractivity contribution in [2.75, 3.05) is 6.54 Å². The molecule has 7 nitrogen and oxygen atoms in total. The van der Waals surface area contributed by atoms with Gasteiger partial charge in [0.25, 0.3) is 5.91 Å². The topological polar surface area (TPSA) is 88.6 Å². The molecule has 0 saturated carbocycles. The van der Waals surface area contributed by atoms with E-state index in [1.807, 2.05) is 27.7 Å². The number of halogens is 1. The van der Waals surface area contributed by atoms with Crippen molar-refractivity contribution < 1.29 is 22.3 Å². The second kappa shape index (κ2) is 12.4. The minimum absolute atomic E-state index is 0.169. The highest BCUT2D eigenvalue weighted by Crippen LogP contribution is 2.39. The SMILES string of the molecule is C#C.CCc1ccc(S(=O)(=O)N[C@H]2CC(C)(C)Oc3ncc(C(=O)N(CC)Cc4cccc(F)c4)cc32)cc1. The lowest BCUT2D eigenvalue weighted by Gasteiger charge is -2.37. The first-order valence-electron chi connectivity index (χ1n) is 12.7. The lowest BCUT2D eigenvalue weighted by atomic mass is 9.91. The van der Waals surface area contributed by atoms with Gasteiger partial charge in [-0.1, -0.05) is 31.2 Å². The van der Waals surface area contributed by atoms with Crippen LogP contribution >= 0.6 is 0 Å². The molecule has 1 atom stereocenters. The summed E-state index contributed by atoms with van der Waals surface area (Å²) in [6.45, 7) is 8.22. The number of aryl methyl sites for hydroxylation is 1. The van der Waals surface area contributed by atoms with E-state index in [1.165, 1.54) is 18.3 Å². The first-order valence-corrected chi connectivity index (χ1v) is 14.2. The molecule has 0 spiro atoms. The highest BCUT2D eigenvalue weighted by Gasteiger charge is 2.37. The molecule has 0 bridgehead atoms. The van der Waals surface area contributed by atoms with Crippen LogP contribution in [0.3, 0.4) is 0 Å². The smallest absolute Gasteiger partial charge is 0.255 e. The van der Waals surface area contributed by atoms with E-state index < -0.39 is 21.7 Å². The molecule has 2 aromatic carbocycles. The van der Waals surface area contributed by atoms with Gasteiger partial charge in [-0.3, -0.25) is 4.79 Å². The monoisotopic (exact) mass is 551 g/mol. The van der Waals surface area contributed by atoms with Crippen LogP contribution in [0.1, 0.15) is 67.2 Å². The molecule has 9 heteroatoms. The molecule has 0 radical (unpaired) electrons. The summed E-state index contributed by atoms with van der Waals surface area (Å²) in [6.07, 6.45) is 10.6. The summed E-state index contributed by atoms with van der Waals surface area (Å²) in [7, 11) is -3.84. The van der Waals surface area contributed by atoms with E-state index in [0.717, 1.165) is 12.0 Å². The fraction of sp³-hybridized carbons (Fsp3) is 0.333. The lowest BCUT2D eigenvalue weighted by molar-refractivity contribution is 0.0637. The van der Waals surface area contributed by atoms with Crippen molar-refractivity contribution in [3.63, 3.8) is 0 Å². The number of sulfonamides is 1. The van der Waals surface area contributed by atoms with Gasteiger partial charge in [-0.15, -0.1) is 12.8 Å². The van der Waals surface area contributed by atoms with Crippen LogP contribution in [0.25, 0.3) is 0 Å². The van der Waals surface area contributed by atoms with Gasteiger partial charge in [-0.25, -0.2) is 22.5 Å². The zero-order valence-electron chi connectivity index (χ0n) is 22.6. The zero-order chi connectivity index (χ0) is 28.8. The van der Waals surface area contributed by atoms with E-state index in [9.17, 15) is 17.6 Å². The van der Waals surface area contributed by atoms with Gasteiger partial charge in [-0.2, -0.15) is 0 Å². The normalized spacial score (nSPS) is 15.7. The third kappa shape index (κ3) is 7.22. The van der Waals surface area contributed by atoms with Crippen LogP contribution in [-0.2, 0) is 23.0 Å². The van der Waals surface area contributed by atoms with Crippen molar-refractivity contribution in [1.82, 2.24) is 14.6 Å². The summed E-state index contributed by atoms with van der Waals surface area (Å²) in [5, 5.41) is 0. The Labute approximate surface area is 230 Å². The van der Waals surface area contributed by atoms with E-state index in [4.69, 9.17) is 4.74 Å². The van der Waals surface area contributed by atoms with E-state index in [-0.39, 0.29) is 29.0 Å². The van der Waals surface area contributed by atoms with Crippen molar-refractivity contribution in [3.05, 3.63) is 88.9 Å². The van der Waals surface area contributed by atoms with E-state index in [0.29, 0.717) is 29.7 Å². The third-order valence-corrected chi connectivity index (χ3v) is 7.93. The molecule has 1 amide bonds. The maximum absolute atomic E-state index is 13.7. The van der Waals surface area contributed by atoms with Crippen LogP contribution in [0.2, 0.25) is 0 Å². The second-order valence-corrected chi connectivity index (χ2v) is 11.5. The number of hydrogen-bond donors (Lipinski definition) is 1. The van der Waals surface area contributed by atoms with Gasteiger partial charge in [0, 0.05) is 31.3 Å². The molecule has 0 saturated heterocycles. The number of aromatic nitrogens is 1. The fourth-order valence-electron chi connectivity index (χ4n) is 4.46. The Morgan fingerprint density at radius 1 is 1.13 bits per heavy atom. The van der Waals surface area contributed by atoms with Gasteiger partial charge >= 0.3 is 0 Å². The van der Waals surface area contributed by atoms with Crippen molar-refractivity contribution in [2.45, 2.75) is 63.6 Å². The Bertz CT molecular complexity index is 1440. The molecule has 0 fully saturated rings. The molecule has 1 aromatic heterocycles. The average molecular weight is 552 g/mol. The quantitative estimate of drug-likeness (QED) is 0.385. The van der Waals surface area contributed by atoms with Crippen LogP contribution in [0, 0.1) is 18.7 Å². The molecule has 206 valence electrons. The highest BCUT2D eigenvalue weighted by molar-refractivity contribution is 7.89. The number of carbonyl (C=O) groups excluding carboxylic acids is 1. The molecule has 39 heavy (non-hydrogen) atoms. The van der Waals surface area contributed by atoms with Crippen molar-refractivity contribution in [2.24, 2.45) is 0 Å². The minimum atomic E-state index is -3.84. The van der Waals surface area contributed by atoms with Crippen LogP contribution in [0.15, 0.2) is 65.7 Å². The maximum atomic E-state index is 13.7. The number of amides is 1. The molecule has 1 aliphatic heterocycles. The van der Waals surface area contributed by atoms with Gasteiger partial charge in [0.1, 0.15) is 11.4 Å². The maximum Gasteiger partial charge on any atom is 0.255 e. The Morgan fingerprint density at radius 3 is 2.44 bits per heavy atom. The van der Waals surface area contributed by atoms with Crippen molar-refractivity contribution in [3.8, 4) is 18.7 Å². The van der Waals surface area contributed by atoms with Gasteiger partial charge in [0.15, 0.2) is 0 Å². The average Bonchev–Trinajstić information content (AvgIpc) is 2.91. The van der Waals surface area contributed by atoms with Gasteiger partial charge in [-0.05, 0) is 68.7 Å². The number of terminal acetylenes is 1. The first-order chi connectivity index (χ1) is 18.5. The van der Waals surface area contributed by atoms with Crippen LogP contribution in [-0.4, -0.2) is 36.4 Å². The van der Waals surface area contributed by atoms with Crippen LogP contribution < -0.4 is 9.46 Å². The first kappa shape index (κ1) is 29.8. The predicted octanol–water partition coefficient (Wildman–Crippen LogP) is 5.28. The molecule has 4 rings (SSSR count). The van der Waals surface area contributed by atoms with E-state index in [1.54, 1.807) is 47.4 Å². The fourth-order valence-corrected chi connectivity index (χ4v) is 5.67. The molecular weight excluding hydrogens is 517 g/mol. The molecule has 0 aliphatic carbocycles. The number of fused-ring (bicyclic) bond motifs is 1. The Hall–Kier alpha value is -3.74. The Kier molecular flexibility index (Phi) is 9.49. The number of nitrogens with zero attached hydrogens (tertiary/aromatic N) is 2. The van der Waals surface area contributed by atoms with Crippen LogP contribution in [0.4, 0.5) is 4.39 Å². The second-order valence-electron chi connectivity index (χ2n) is 9.80. The number of nitrogens with one attached hydrogen (secondary N) is 1. The number of benzene rings is 2. The summed E-state index contributed by atoms with van der Waals surface area (Å²) in [5.41, 5.74) is 1.85. The Balaban J connectivity index is 0.00000205. The molecule has 1 aliphatic rings. The summed E-state index contributed by atoms with van der Waals surface area (Å²) in [5.74, 6) is -0.366. The molecule has 3 aromatic rings. The summed E-state index contributed by atoms with van der Waals surface area (Å²) < 4.78 is 49.0. The number of pyridine rings is 1. The van der Waals surface area contributed by atoms with Crippen molar-refractivity contribution >= 4 is 15.9 Å². The largest absolute Gasteiger partial charge is 0.471 e. The number of ether oxygens (including phenoxy) is 1. The van der Waals surface area contributed by atoms with Gasteiger partial charge in [0.2, 0.25) is 15.9 Å². The highest BCUT2D eigenvalue weighted by atomic mass is 32.2. The summed E-state index contributed by atoms with van der Waals surface area (Å²) in [4.78, 5) is 19.5.